The Kier molecular flexibility index (Phi) is 8.62. The molecule has 1 N–H and O–H groups in total. The molecule has 0 bridgehead atoms. The number of hydrogen-bond donors (Lipinski definition) is 1. The Bertz CT molecular complexity index is 1030. The van der Waals surface area contributed by atoms with Crippen molar-refractivity contribution in [3.05, 3.63) is 59.5 Å². The van der Waals surface area contributed by atoms with Gasteiger partial charge in [-0.1, -0.05) is 30.3 Å². The van der Waals surface area contributed by atoms with Crippen molar-refractivity contribution >= 4 is 28.6 Å². The normalized spacial score (nSPS) is 10.8. The van der Waals surface area contributed by atoms with E-state index < -0.39 is 0 Å². The van der Waals surface area contributed by atoms with Gasteiger partial charge in [0.25, 0.3) is 5.91 Å². The Morgan fingerprint density at radius 3 is 2.59 bits per heavy atom. The van der Waals surface area contributed by atoms with Crippen molar-refractivity contribution in [3.8, 4) is 22.8 Å². The van der Waals surface area contributed by atoms with E-state index in [1.807, 2.05) is 68.6 Å². The molecule has 8 heteroatoms. The SMILES string of the molecule is CCOc1cc(/C=N\Nc2nc(-c3ccccc3)cs2)ccc1OCC(=O)N(CC)CC. The van der Waals surface area contributed by atoms with Crippen LogP contribution in [-0.2, 0) is 4.79 Å². The molecule has 0 atom stereocenters. The lowest BCUT2D eigenvalue weighted by Gasteiger charge is -2.19. The van der Waals surface area contributed by atoms with Crippen LogP contribution in [0.4, 0.5) is 5.13 Å². The number of hydrogen-bond acceptors (Lipinski definition) is 7. The number of anilines is 1. The van der Waals surface area contributed by atoms with Crippen molar-refractivity contribution < 1.29 is 14.3 Å². The highest BCUT2D eigenvalue weighted by molar-refractivity contribution is 7.14. The molecular weight excluding hydrogens is 424 g/mol. The molecule has 2 aromatic carbocycles. The van der Waals surface area contributed by atoms with Gasteiger partial charge in [0.15, 0.2) is 18.1 Å². The first-order valence-corrected chi connectivity index (χ1v) is 11.5. The van der Waals surface area contributed by atoms with Crippen molar-refractivity contribution in [2.24, 2.45) is 5.10 Å². The highest BCUT2D eigenvalue weighted by Crippen LogP contribution is 2.28. The number of carbonyl (C=O) groups is 1. The van der Waals surface area contributed by atoms with Gasteiger partial charge in [-0.2, -0.15) is 5.10 Å². The van der Waals surface area contributed by atoms with Gasteiger partial charge in [-0.05, 0) is 44.5 Å². The summed E-state index contributed by atoms with van der Waals surface area (Å²) >= 11 is 1.49. The van der Waals surface area contributed by atoms with Crippen LogP contribution >= 0.6 is 11.3 Å². The van der Waals surface area contributed by atoms with Gasteiger partial charge >= 0.3 is 0 Å². The average molecular weight is 453 g/mol. The maximum Gasteiger partial charge on any atom is 0.260 e. The minimum atomic E-state index is -0.0504. The fraction of sp³-hybridized carbons (Fsp3) is 0.292. The number of aromatic nitrogens is 1. The molecule has 1 heterocycles. The van der Waals surface area contributed by atoms with Crippen LogP contribution in [-0.4, -0.2) is 48.3 Å². The second-order valence-corrected chi connectivity index (χ2v) is 7.63. The molecule has 0 radical (unpaired) electrons. The summed E-state index contributed by atoms with van der Waals surface area (Å²) < 4.78 is 11.4. The molecule has 0 spiro atoms. The number of ether oxygens (including phenoxy) is 2. The maximum absolute atomic E-state index is 12.2. The van der Waals surface area contributed by atoms with Crippen molar-refractivity contribution in [3.63, 3.8) is 0 Å². The minimum absolute atomic E-state index is 0.0233. The van der Waals surface area contributed by atoms with Gasteiger partial charge in [0.1, 0.15) is 0 Å². The molecule has 3 aromatic rings. The van der Waals surface area contributed by atoms with Crippen molar-refractivity contribution in [2.75, 3.05) is 31.7 Å². The summed E-state index contributed by atoms with van der Waals surface area (Å²) in [4.78, 5) is 18.5. The van der Waals surface area contributed by atoms with E-state index in [-0.39, 0.29) is 12.5 Å². The molecule has 0 unspecified atom stereocenters. The van der Waals surface area contributed by atoms with Gasteiger partial charge in [-0.25, -0.2) is 4.98 Å². The fourth-order valence-electron chi connectivity index (χ4n) is 3.03. The van der Waals surface area contributed by atoms with Crippen LogP contribution in [0.2, 0.25) is 0 Å². The zero-order chi connectivity index (χ0) is 22.8. The average Bonchev–Trinajstić information content (AvgIpc) is 3.29. The van der Waals surface area contributed by atoms with E-state index in [2.05, 4.69) is 15.5 Å². The molecule has 0 aliphatic heterocycles. The van der Waals surface area contributed by atoms with Crippen LogP contribution in [0.25, 0.3) is 11.3 Å². The highest BCUT2D eigenvalue weighted by Gasteiger charge is 2.13. The number of likely N-dealkylation sites (N-methyl/N-ethyl adjacent to an activating group) is 1. The monoisotopic (exact) mass is 452 g/mol. The number of thiazole rings is 1. The Morgan fingerprint density at radius 1 is 1.09 bits per heavy atom. The number of nitrogens with one attached hydrogen (secondary N) is 1. The number of benzene rings is 2. The highest BCUT2D eigenvalue weighted by atomic mass is 32.1. The van der Waals surface area contributed by atoms with E-state index in [1.165, 1.54) is 11.3 Å². The molecule has 0 aliphatic rings. The summed E-state index contributed by atoms with van der Waals surface area (Å²) in [6.07, 6.45) is 1.69. The fourth-order valence-corrected chi connectivity index (χ4v) is 3.70. The Hall–Kier alpha value is -3.39. The summed E-state index contributed by atoms with van der Waals surface area (Å²) in [6.45, 7) is 7.58. The van der Waals surface area contributed by atoms with E-state index in [0.29, 0.717) is 36.3 Å². The molecular formula is C24H28N4O3S. The third-order valence-electron chi connectivity index (χ3n) is 4.68. The summed E-state index contributed by atoms with van der Waals surface area (Å²) in [7, 11) is 0. The quantitative estimate of drug-likeness (QED) is 0.331. The zero-order valence-electron chi connectivity index (χ0n) is 18.6. The molecule has 32 heavy (non-hydrogen) atoms. The first-order chi connectivity index (χ1) is 15.6. The Labute approximate surface area is 192 Å². The minimum Gasteiger partial charge on any atom is -0.490 e. The third kappa shape index (κ3) is 6.31. The van der Waals surface area contributed by atoms with E-state index >= 15 is 0 Å². The van der Waals surface area contributed by atoms with Gasteiger partial charge in [0, 0.05) is 24.0 Å². The van der Waals surface area contributed by atoms with Crippen LogP contribution in [0.5, 0.6) is 11.5 Å². The molecule has 0 saturated heterocycles. The summed E-state index contributed by atoms with van der Waals surface area (Å²) in [6, 6.07) is 15.5. The summed E-state index contributed by atoms with van der Waals surface area (Å²) in [5.41, 5.74) is 5.78. The second-order valence-electron chi connectivity index (χ2n) is 6.77. The first-order valence-electron chi connectivity index (χ1n) is 10.6. The topological polar surface area (TPSA) is 76.0 Å². The molecule has 1 amide bonds. The molecule has 0 fully saturated rings. The van der Waals surface area contributed by atoms with E-state index in [9.17, 15) is 4.79 Å². The smallest absolute Gasteiger partial charge is 0.260 e. The molecule has 3 rings (SSSR count). The first kappa shape index (κ1) is 23.3. The van der Waals surface area contributed by atoms with Crippen LogP contribution in [0.1, 0.15) is 26.3 Å². The van der Waals surface area contributed by atoms with E-state index in [1.54, 1.807) is 17.2 Å². The number of nitrogens with zero attached hydrogens (tertiary/aromatic N) is 3. The lowest BCUT2D eigenvalue weighted by Crippen LogP contribution is -2.34. The number of carbonyl (C=O) groups excluding carboxylic acids is 1. The van der Waals surface area contributed by atoms with Gasteiger partial charge in [-0.3, -0.25) is 10.2 Å². The Morgan fingerprint density at radius 2 is 1.88 bits per heavy atom. The van der Waals surface area contributed by atoms with Crippen molar-refractivity contribution in [2.45, 2.75) is 20.8 Å². The number of amides is 1. The van der Waals surface area contributed by atoms with Gasteiger partial charge in [-0.15, -0.1) is 11.3 Å². The van der Waals surface area contributed by atoms with Crippen LogP contribution in [0.15, 0.2) is 59.0 Å². The third-order valence-corrected chi connectivity index (χ3v) is 5.43. The second kappa shape index (κ2) is 11.9. The lowest BCUT2D eigenvalue weighted by atomic mass is 10.2. The summed E-state index contributed by atoms with van der Waals surface area (Å²) in [5.74, 6) is 1.06. The van der Waals surface area contributed by atoms with Crippen LogP contribution in [0.3, 0.4) is 0 Å². The zero-order valence-corrected chi connectivity index (χ0v) is 19.4. The molecule has 1 aromatic heterocycles. The number of hydrazone groups is 1. The molecule has 0 saturated carbocycles. The van der Waals surface area contributed by atoms with Gasteiger partial charge < -0.3 is 14.4 Å². The van der Waals surface area contributed by atoms with Crippen LogP contribution in [0, 0.1) is 0 Å². The Balaban J connectivity index is 1.63. The molecule has 0 aliphatic carbocycles. The predicted molar refractivity (Wildman–Crippen MR) is 130 cm³/mol. The van der Waals surface area contributed by atoms with Gasteiger partial charge in [0.05, 0.1) is 18.5 Å². The standard InChI is InChI=1S/C24H28N4O3S/c1-4-28(5-2)23(29)16-31-21-13-12-18(14-22(21)30-6-3)15-25-27-24-26-20(17-32-24)19-10-8-7-9-11-19/h7-15,17H,4-6,16H2,1-3H3,(H,26,27)/b25-15-. The van der Waals surface area contributed by atoms with E-state index in [4.69, 9.17) is 9.47 Å². The van der Waals surface area contributed by atoms with E-state index in [0.717, 1.165) is 16.8 Å². The maximum atomic E-state index is 12.2. The summed E-state index contributed by atoms with van der Waals surface area (Å²) in [5, 5.41) is 6.99. The van der Waals surface area contributed by atoms with Crippen molar-refractivity contribution in [1.82, 2.24) is 9.88 Å². The molecule has 7 nitrogen and oxygen atoms in total. The van der Waals surface area contributed by atoms with Gasteiger partial charge in [0.2, 0.25) is 5.13 Å². The van der Waals surface area contributed by atoms with Crippen LogP contribution < -0.4 is 14.9 Å². The van der Waals surface area contributed by atoms with Crippen molar-refractivity contribution in [1.29, 1.82) is 0 Å². The number of rotatable bonds is 11. The largest absolute Gasteiger partial charge is 0.490 e. The predicted octanol–water partition coefficient (Wildman–Crippen LogP) is 4.90. The molecule has 168 valence electrons. The lowest BCUT2D eigenvalue weighted by molar-refractivity contribution is -0.132.